The van der Waals surface area contributed by atoms with Gasteiger partial charge in [-0.2, -0.15) is 0 Å². The first-order chi connectivity index (χ1) is 11.5. The van der Waals surface area contributed by atoms with Gasteiger partial charge in [0.25, 0.3) is 0 Å². The van der Waals surface area contributed by atoms with Crippen molar-refractivity contribution < 1.29 is 18.7 Å². The predicted octanol–water partition coefficient (Wildman–Crippen LogP) is 3.30. The highest BCUT2D eigenvalue weighted by molar-refractivity contribution is 6.19. The summed E-state index contributed by atoms with van der Waals surface area (Å²) in [4.78, 5) is 27.5. The number of rotatable bonds is 4. The van der Waals surface area contributed by atoms with Crippen LogP contribution in [0.4, 0.5) is 10.1 Å². The fourth-order valence-electron chi connectivity index (χ4n) is 2.61. The molecule has 6 heteroatoms. The van der Waals surface area contributed by atoms with Gasteiger partial charge >= 0.3 is 5.97 Å². The van der Waals surface area contributed by atoms with E-state index in [-0.39, 0.29) is 40.2 Å². The van der Waals surface area contributed by atoms with E-state index in [2.05, 4.69) is 4.98 Å². The lowest BCUT2D eigenvalue weighted by molar-refractivity contribution is 0.0528. The van der Waals surface area contributed by atoms with Gasteiger partial charge in [0.15, 0.2) is 0 Å². The number of fused-ring (bicyclic) bond motifs is 1. The van der Waals surface area contributed by atoms with Gasteiger partial charge in [-0.1, -0.05) is 30.3 Å². The van der Waals surface area contributed by atoms with Gasteiger partial charge in [-0.15, -0.1) is 0 Å². The standard InChI is InChI=1S/C18H15FN2O3/c1-2-24-18(23)12-8-11(19)9-13-14(12)15(20)16(21-13)17(22)10-6-4-3-5-7-10/h3-9,21H,2,20H2,1H3. The van der Waals surface area contributed by atoms with Crippen molar-refractivity contribution in [2.45, 2.75) is 6.92 Å². The first-order valence-electron chi connectivity index (χ1n) is 7.40. The molecule has 0 spiro atoms. The number of aromatic nitrogens is 1. The number of hydrogen-bond donors (Lipinski definition) is 2. The summed E-state index contributed by atoms with van der Waals surface area (Å²) in [6, 6.07) is 10.8. The summed E-state index contributed by atoms with van der Waals surface area (Å²) in [5, 5.41) is 0.286. The Balaban J connectivity index is 2.19. The molecule has 122 valence electrons. The summed E-state index contributed by atoms with van der Waals surface area (Å²) >= 11 is 0. The summed E-state index contributed by atoms with van der Waals surface area (Å²) in [5.41, 5.74) is 7.00. The number of carbonyl (C=O) groups is 2. The molecule has 2 aromatic carbocycles. The molecule has 0 atom stereocenters. The Labute approximate surface area is 137 Å². The van der Waals surface area contributed by atoms with Gasteiger partial charge in [0, 0.05) is 10.9 Å². The molecule has 0 fully saturated rings. The van der Waals surface area contributed by atoms with Gasteiger partial charge in [-0.25, -0.2) is 9.18 Å². The highest BCUT2D eigenvalue weighted by atomic mass is 19.1. The zero-order valence-corrected chi connectivity index (χ0v) is 12.9. The number of nitrogens with two attached hydrogens (primary N) is 1. The van der Waals surface area contributed by atoms with Crippen molar-refractivity contribution in [1.82, 2.24) is 4.98 Å². The van der Waals surface area contributed by atoms with Gasteiger partial charge in [-0.3, -0.25) is 4.79 Å². The second-order valence-electron chi connectivity index (χ2n) is 5.21. The first kappa shape index (κ1) is 15.7. The largest absolute Gasteiger partial charge is 0.462 e. The van der Waals surface area contributed by atoms with Crippen LogP contribution in [0, 0.1) is 5.82 Å². The number of halogens is 1. The molecule has 0 saturated carbocycles. The lowest BCUT2D eigenvalue weighted by atomic mass is 10.0. The number of nitrogen functional groups attached to an aromatic ring is 1. The zero-order chi connectivity index (χ0) is 17.3. The number of ether oxygens (including phenoxy) is 1. The molecule has 0 amide bonds. The van der Waals surface area contributed by atoms with Crippen LogP contribution in [0.25, 0.3) is 10.9 Å². The third-order valence-electron chi connectivity index (χ3n) is 3.66. The van der Waals surface area contributed by atoms with Crippen LogP contribution in [-0.2, 0) is 4.74 Å². The summed E-state index contributed by atoms with van der Waals surface area (Å²) in [7, 11) is 0. The number of ketones is 1. The van der Waals surface area contributed by atoms with Crippen LogP contribution >= 0.6 is 0 Å². The molecular formula is C18H15FN2O3. The highest BCUT2D eigenvalue weighted by Gasteiger charge is 2.23. The minimum absolute atomic E-state index is 0.00675. The van der Waals surface area contributed by atoms with Crippen molar-refractivity contribution in [2.24, 2.45) is 0 Å². The number of benzene rings is 2. The van der Waals surface area contributed by atoms with Gasteiger partial charge in [0.05, 0.1) is 23.4 Å². The lowest BCUT2D eigenvalue weighted by Gasteiger charge is -2.05. The third-order valence-corrected chi connectivity index (χ3v) is 3.66. The number of esters is 1. The van der Waals surface area contributed by atoms with Crippen molar-refractivity contribution in [3.63, 3.8) is 0 Å². The molecule has 0 aliphatic rings. The SMILES string of the molecule is CCOC(=O)c1cc(F)cc2[nH]c(C(=O)c3ccccc3)c(N)c12. The Bertz CT molecular complexity index is 932. The number of carbonyl (C=O) groups excluding carboxylic acids is 2. The number of anilines is 1. The summed E-state index contributed by atoms with van der Waals surface area (Å²) in [6.45, 7) is 1.80. The van der Waals surface area contributed by atoms with Gasteiger partial charge < -0.3 is 15.5 Å². The van der Waals surface area contributed by atoms with Crippen LogP contribution in [0.3, 0.4) is 0 Å². The molecule has 0 aliphatic heterocycles. The third kappa shape index (κ3) is 2.62. The van der Waals surface area contributed by atoms with E-state index in [4.69, 9.17) is 10.5 Å². The van der Waals surface area contributed by atoms with E-state index >= 15 is 0 Å². The monoisotopic (exact) mass is 326 g/mol. The van der Waals surface area contributed by atoms with Gasteiger partial charge in [0.1, 0.15) is 11.5 Å². The molecule has 1 heterocycles. The van der Waals surface area contributed by atoms with E-state index in [9.17, 15) is 14.0 Å². The Kier molecular flexibility index (Phi) is 4.04. The van der Waals surface area contributed by atoms with E-state index in [0.717, 1.165) is 6.07 Å². The second-order valence-corrected chi connectivity index (χ2v) is 5.21. The molecule has 3 N–H and O–H groups in total. The van der Waals surface area contributed by atoms with E-state index in [0.29, 0.717) is 5.56 Å². The molecule has 0 aliphatic carbocycles. The minimum atomic E-state index is -0.689. The van der Waals surface area contributed by atoms with Gasteiger partial charge in [-0.05, 0) is 19.1 Å². The fraction of sp³-hybridized carbons (Fsp3) is 0.111. The van der Waals surface area contributed by atoms with Crippen molar-refractivity contribution >= 4 is 28.3 Å². The van der Waals surface area contributed by atoms with Crippen molar-refractivity contribution in [3.8, 4) is 0 Å². The molecule has 0 saturated heterocycles. The Morgan fingerprint density at radius 2 is 1.92 bits per heavy atom. The molecular weight excluding hydrogens is 311 g/mol. The van der Waals surface area contributed by atoms with E-state index in [1.807, 2.05) is 0 Å². The van der Waals surface area contributed by atoms with Crippen LogP contribution in [-0.4, -0.2) is 23.3 Å². The van der Waals surface area contributed by atoms with E-state index in [1.54, 1.807) is 37.3 Å². The van der Waals surface area contributed by atoms with Crippen molar-refractivity contribution in [2.75, 3.05) is 12.3 Å². The maximum Gasteiger partial charge on any atom is 0.338 e. The molecule has 3 aromatic rings. The lowest BCUT2D eigenvalue weighted by Crippen LogP contribution is -2.07. The number of nitrogens with one attached hydrogen (secondary N) is 1. The molecule has 5 nitrogen and oxygen atoms in total. The van der Waals surface area contributed by atoms with E-state index < -0.39 is 11.8 Å². The van der Waals surface area contributed by atoms with Crippen LogP contribution in [0.1, 0.15) is 33.3 Å². The summed E-state index contributed by atoms with van der Waals surface area (Å²) < 4.78 is 18.7. The Hall–Kier alpha value is -3.15. The van der Waals surface area contributed by atoms with Crippen LogP contribution in [0.2, 0.25) is 0 Å². The smallest absolute Gasteiger partial charge is 0.338 e. The normalized spacial score (nSPS) is 10.8. The average Bonchev–Trinajstić information content (AvgIpc) is 2.91. The van der Waals surface area contributed by atoms with Gasteiger partial charge in [0.2, 0.25) is 5.78 Å². The van der Waals surface area contributed by atoms with Crippen LogP contribution in [0.5, 0.6) is 0 Å². The van der Waals surface area contributed by atoms with Crippen LogP contribution < -0.4 is 5.73 Å². The fourth-order valence-corrected chi connectivity index (χ4v) is 2.61. The number of aromatic amines is 1. The number of hydrogen-bond acceptors (Lipinski definition) is 4. The topological polar surface area (TPSA) is 85.2 Å². The van der Waals surface area contributed by atoms with Crippen molar-refractivity contribution in [3.05, 3.63) is 65.1 Å². The van der Waals surface area contributed by atoms with Crippen molar-refractivity contribution in [1.29, 1.82) is 0 Å². The second kappa shape index (κ2) is 6.16. The molecule has 24 heavy (non-hydrogen) atoms. The minimum Gasteiger partial charge on any atom is -0.462 e. The van der Waals surface area contributed by atoms with E-state index in [1.165, 1.54) is 6.07 Å². The quantitative estimate of drug-likeness (QED) is 0.569. The number of H-pyrrole nitrogens is 1. The Morgan fingerprint density at radius 1 is 1.21 bits per heavy atom. The average molecular weight is 326 g/mol. The Morgan fingerprint density at radius 3 is 2.58 bits per heavy atom. The molecule has 1 aromatic heterocycles. The predicted molar refractivity (Wildman–Crippen MR) is 88.5 cm³/mol. The highest BCUT2D eigenvalue weighted by Crippen LogP contribution is 2.31. The maximum absolute atomic E-state index is 13.8. The maximum atomic E-state index is 13.8. The molecule has 0 bridgehead atoms. The molecule has 3 rings (SSSR count). The zero-order valence-electron chi connectivity index (χ0n) is 12.9. The first-order valence-corrected chi connectivity index (χ1v) is 7.40. The summed E-state index contributed by atoms with van der Waals surface area (Å²) in [5.74, 6) is -1.64. The molecule has 0 unspecified atom stereocenters. The summed E-state index contributed by atoms with van der Waals surface area (Å²) in [6.07, 6.45) is 0. The molecule has 0 radical (unpaired) electrons. The van der Waals surface area contributed by atoms with Crippen LogP contribution in [0.15, 0.2) is 42.5 Å².